The van der Waals surface area contributed by atoms with Crippen molar-refractivity contribution in [1.29, 1.82) is 0 Å². The summed E-state index contributed by atoms with van der Waals surface area (Å²) in [5.41, 5.74) is 2.59. The van der Waals surface area contributed by atoms with E-state index < -0.39 is 16.6 Å². The van der Waals surface area contributed by atoms with E-state index in [0.717, 1.165) is 13.0 Å². The van der Waals surface area contributed by atoms with Gasteiger partial charge in [-0.1, -0.05) is 41.5 Å². The standard InChI is InChI=1S/C21H39O2Si2.Li/c1-20(2,3)24(7,8)22-16-15-18-13-11-12-14-19(18)17-23-25(9,10)21(4,5)6;/h11,13-14H,15-17H2,1-10H3;/q-1;+1. The smallest absolute Gasteiger partial charge is 0.424 e. The van der Waals surface area contributed by atoms with E-state index in [4.69, 9.17) is 8.85 Å². The molecule has 0 spiro atoms. The minimum absolute atomic E-state index is 0. The van der Waals surface area contributed by atoms with E-state index in [-0.39, 0.29) is 28.9 Å². The summed E-state index contributed by atoms with van der Waals surface area (Å²) in [5, 5.41) is 0.489. The Balaban J connectivity index is 0.00000625. The predicted molar refractivity (Wildman–Crippen MR) is 114 cm³/mol. The third-order valence-electron chi connectivity index (χ3n) is 6.09. The van der Waals surface area contributed by atoms with Gasteiger partial charge in [0.05, 0.1) is 0 Å². The maximum Gasteiger partial charge on any atom is 1.00 e. The maximum absolute atomic E-state index is 6.41. The van der Waals surface area contributed by atoms with Gasteiger partial charge in [0.15, 0.2) is 16.6 Å². The van der Waals surface area contributed by atoms with Crippen molar-refractivity contribution in [2.45, 2.75) is 90.8 Å². The minimum atomic E-state index is -1.73. The summed E-state index contributed by atoms with van der Waals surface area (Å²) in [5.74, 6) is 0. The van der Waals surface area contributed by atoms with Crippen molar-refractivity contribution < 1.29 is 27.7 Å². The van der Waals surface area contributed by atoms with Gasteiger partial charge in [-0.3, -0.25) is 0 Å². The van der Waals surface area contributed by atoms with Gasteiger partial charge in [0.2, 0.25) is 0 Å². The van der Waals surface area contributed by atoms with Gasteiger partial charge in [-0.05, 0) is 42.7 Å². The molecule has 0 aliphatic rings. The Kier molecular flexibility index (Phi) is 9.65. The average molecular weight is 387 g/mol. The molecule has 0 bridgehead atoms. The topological polar surface area (TPSA) is 18.5 Å². The summed E-state index contributed by atoms with van der Waals surface area (Å²) in [7, 11) is -3.42. The van der Waals surface area contributed by atoms with Crippen molar-refractivity contribution in [2.75, 3.05) is 6.61 Å². The molecule has 0 aromatic heterocycles. The Hall–Kier alpha value is 0.171. The van der Waals surface area contributed by atoms with Crippen LogP contribution in [-0.4, -0.2) is 23.2 Å². The Bertz CT molecular complexity index is 558. The molecule has 0 amide bonds. The largest absolute Gasteiger partial charge is 1.00 e. The van der Waals surface area contributed by atoms with Crippen LogP contribution >= 0.6 is 0 Å². The van der Waals surface area contributed by atoms with Crippen LogP contribution in [0.5, 0.6) is 0 Å². The first-order valence-corrected chi connectivity index (χ1v) is 15.2. The molecule has 0 radical (unpaired) electrons. The van der Waals surface area contributed by atoms with E-state index in [2.05, 4.69) is 85.9 Å². The first-order chi connectivity index (χ1) is 11.2. The fourth-order valence-corrected chi connectivity index (χ4v) is 3.98. The van der Waals surface area contributed by atoms with Crippen LogP contribution < -0.4 is 18.9 Å². The van der Waals surface area contributed by atoms with Crippen LogP contribution in [-0.2, 0) is 21.9 Å². The number of benzene rings is 1. The zero-order valence-corrected chi connectivity index (χ0v) is 21.2. The zero-order chi connectivity index (χ0) is 19.5. The summed E-state index contributed by atoms with van der Waals surface area (Å²) >= 11 is 0. The summed E-state index contributed by atoms with van der Waals surface area (Å²) in [6.07, 6.45) is 0.942. The van der Waals surface area contributed by atoms with Gasteiger partial charge < -0.3 is 8.85 Å². The molecule has 0 fully saturated rings. The summed E-state index contributed by atoms with van der Waals surface area (Å²) < 4.78 is 12.8. The van der Waals surface area contributed by atoms with Gasteiger partial charge in [0.1, 0.15) is 0 Å². The molecule has 0 heterocycles. The maximum atomic E-state index is 6.41. The molecule has 2 nitrogen and oxygen atoms in total. The second kappa shape index (κ2) is 9.58. The molecule has 144 valence electrons. The third kappa shape index (κ3) is 7.30. The molecular formula is C21H39LiO2Si2. The van der Waals surface area contributed by atoms with Gasteiger partial charge >= 0.3 is 18.9 Å². The summed E-state index contributed by atoms with van der Waals surface area (Å²) in [6.45, 7) is 24.4. The molecular weight excluding hydrogens is 347 g/mol. The van der Waals surface area contributed by atoms with Crippen molar-refractivity contribution in [3.05, 3.63) is 35.4 Å². The van der Waals surface area contributed by atoms with Crippen LogP contribution in [0.1, 0.15) is 52.7 Å². The number of rotatable bonds is 7. The van der Waals surface area contributed by atoms with Crippen molar-refractivity contribution in [3.8, 4) is 0 Å². The molecule has 0 aliphatic carbocycles. The molecule has 1 rings (SSSR count). The Labute approximate surface area is 176 Å². The monoisotopic (exact) mass is 386 g/mol. The van der Waals surface area contributed by atoms with Crippen molar-refractivity contribution in [3.63, 3.8) is 0 Å². The van der Waals surface area contributed by atoms with Gasteiger partial charge in [-0.2, -0.15) is 29.8 Å². The molecule has 0 unspecified atom stereocenters. The van der Waals surface area contributed by atoms with Gasteiger partial charge in [-0.15, -0.1) is 5.56 Å². The molecule has 0 N–H and O–H groups in total. The van der Waals surface area contributed by atoms with Crippen molar-refractivity contribution in [2.24, 2.45) is 0 Å². The summed E-state index contributed by atoms with van der Waals surface area (Å²) in [6, 6.07) is 9.45. The average Bonchev–Trinajstić information content (AvgIpc) is 2.43. The van der Waals surface area contributed by atoms with Crippen LogP contribution in [0.25, 0.3) is 0 Å². The van der Waals surface area contributed by atoms with Crippen LogP contribution in [0.4, 0.5) is 0 Å². The normalized spacial score (nSPS) is 13.5. The Morgan fingerprint density at radius 1 is 0.846 bits per heavy atom. The van der Waals surface area contributed by atoms with Crippen LogP contribution in [0.3, 0.4) is 0 Å². The summed E-state index contributed by atoms with van der Waals surface area (Å²) in [4.78, 5) is 0. The van der Waals surface area contributed by atoms with E-state index in [1.165, 1.54) is 11.1 Å². The zero-order valence-electron chi connectivity index (χ0n) is 19.2. The number of hydrogen-bond donors (Lipinski definition) is 0. The van der Waals surface area contributed by atoms with E-state index in [9.17, 15) is 0 Å². The number of hydrogen-bond acceptors (Lipinski definition) is 2. The quantitative estimate of drug-likeness (QED) is 0.527. The molecule has 0 saturated carbocycles. The van der Waals surface area contributed by atoms with Crippen LogP contribution in [0.15, 0.2) is 18.2 Å². The first-order valence-electron chi connectivity index (χ1n) is 9.43. The Morgan fingerprint density at radius 2 is 1.35 bits per heavy atom. The molecule has 0 saturated heterocycles. The second-order valence-electron chi connectivity index (χ2n) is 10.1. The van der Waals surface area contributed by atoms with Gasteiger partial charge in [0, 0.05) is 13.2 Å². The van der Waals surface area contributed by atoms with Gasteiger partial charge in [-0.25, -0.2) is 0 Å². The van der Waals surface area contributed by atoms with E-state index in [1.807, 2.05) is 6.07 Å². The second-order valence-corrected chi connectivity index (χ2v) is 19.7. The minimum Gasteiger partial charge on any atom is -0.424 e. The van der Waals surface area contributed by atoms with E-state index >= 15 is 0 Å². The molecule has 26 heavy (non-hydrogen) atoms. The SMILES string of the molecule is CC(C)(C)[Si](C)(C)OCCc1cc[c-]cc1CO[Si](C)(C)C(C)(C)C.[Li+]. The van der Waals surface area contributed by atoms with Crippen LogP contribution in [0, 0.1) is 6.07 Å². The first kappa shape index (κ1) is 26.2. The molecule has 1 aromatic rings. The molecule has 0 aliphatic heterocycles. The van der Waals surface area contributed by atoms with Crippen molar-refractivity contribution >= 4 is 16.6 Å². The van der Waals surface area contributed by atoms with E-state index in [1.54, 1.807) is 0 Å². The Morgan fingerprint density at radius 3 is 1.85 bits per heavy atom. The van der Waals surface area contributed by atoms with Crippen molar-refractivity contribution in [1.82, 2.24) is 0 Å². The van der Waals surface area contributed by atoms with Gasteiger partial charge in [0.25, 0.3) is 0 Å². The molecule has 5 heteroatoms. The fourth-order valence-electron chi connectivity index (χ4n) is 1.98. The predicted octanol–water partition coefficient (Wildman–Crippen LogP) is 3.58. The molecule has 1 aromatic carbocycles. The fraction of sp³-hybridized carbons (Fsp3) is 0.714. The van der Waals surface area contributed by atoms with E-state index in [0.29, 0.717) is 6.61 Å². The van der Waals surface area contributed by atoms with Crippen LogP contribution in [0.2, 0.25) is 36.3 Å². The molecule has 0 atom stereocenters. The third-order valence-corrected chi connectivity index (χ3v) is 15.1.